The molecule has 0 heterocycles. The van der Waals surface area contributed by atoms with Crippen LogP contribution >= 0.6 is 0 Å². The van der Waals surface area contributed by atoms with E-state index in [0.29, 0.717) is 16.6 Å². The molecule has 4 saturated carbocycles. The van der Waals surface area contributed by atoms with Crippen LogP contribution < -0.4 is 0 Å². The Morgan fingerprint density at radius 1 is 1.07 bits per heavy atom. The van der Waals surface area contributed by atoms with Crippen molar-refractivity contribution in [2.24, 2.45) is 52.3 Å². The predicted molar refractivity (Wildman–Crippen MR) is 127 cm³/mol. The van der Waals surface area contributed by atoms with Gasteiger partial charge in [0.2, 0.25) is 0 Å². The van der Waals surface area contributed by atoms with E-state index in [0.717, 1.165) is 47.8 Å². The number of hydrogen-bond donors (Lipinski definition) is 0. The van der Waals surface area contributed by atoms with Crippen molar-refractivity contribution < 1.29 is 0 Å². The van der Waals surface area contributed by atoms with Gasteiger partial charge in [-0.25, -0.2) is 0 Å². The van der Waals surface area contributed by atoms with Crippen molar-refractivity contribution in [2.75, 3.05) is 0 Å². The molecule has 4 rings (SSSR count). The molecule has 10 unspecified atom stereocenters. The summed E-state index contributed by atoms with van der Waals surface area (Å²) in [5.74, 6) is 6.98. The standard InChI is InChI=1S/C28H47B/c1-7-18(2)8-9-19(3)24-12-13-25-23-11-10-21-17-22(29)14-15-27(21,5)26(23)16-20(4)28(24,25)6/h19-26H,2,7-17H2,1,3-6H3. The minimum Gasteiger partial charge on any atom is -0.0999 e. The van der Waals surface area contributed by atoms with Gasteiger partial charge in [-0.1, -0.05) is 65.4 Å². The summed E-state index contributed by atoms with van der Waals surface area (Å²) in [5.41, 5.74) is 2.61. The maximum Gasteiger partial charge on any atom is 0.0699 e. The van der Waals surface area contributed by atoms with Crippen molar-refractivity contribution in [3.8, 4) is 0 Å². The fourth-order valence-corrected chi connectivity index (χ4v) is 9.40. The van der Waals surface area contributed by atoms with Crippen LogP contribution in [0.5, 0.6) is 0 Å². The molecule has 4 aliphatic carbocycles. The first-order valence-corrected chi connectivity index (χ1v) is 13.1. The Morgan fingerprint density at radius 2 is 1.83 bits per heavy atom. The topological polar surface area (TPSA) is 0 Å². The van der Waals surface area contributed by atoms with Gasteiger partial charge in [0, 0.05) is 0 Å². The summed E-state index contributed by atoms with van der Waals surface area (Å²) in [5, 5.41) is 0. The fraction of sp³-hybridized carbons (Fsp3) is 0.929. The second kappa shape index (κ2) is 8.05. The van der Waals surface area contributed by atoms with Crippen LogP contribution in [0.15, 0.2) is 12.2 Å². The Bertz CT molecular complexity index is 609. The maximum atomic E-state index is 6.41. The number of hydrogen-bond acceptors (Lipinski definition) is 0. The lowest BCUT2D eigenvalue weighted by atomic mass is 9.41. The summed E-state index contributed by atoms with van der Waals surface area (Å²) in [7, 11) is 6.41. The molecule has 10 atom stereocenters. The fourth-order valence-electron chi connectivity index (χ4n) is 9.40. The Labute approximate surface area is 183 Å². The molecule has 0 nitrogen and oxygen atoms in total. The van der Waals surface area contributed by atoms with E-state index in [1.165, 1.54) is 69.8 Å². The molecule has 0 aromatic carbocycles. The first kappa shape index (κ1) is 22.0. The van der Waals surface area contributed by atoms with Gasteiger partial charge in [0.1, 0.15) is 0 Å². The molecule has 4 aliphatic rings. The van der Waals surface area contributed by atoms with Crippen LogP contribution in [0, 0.1) is 52.3 Å². The zero-order chi connectivity index (χ0) is 21.0. The van der Waals surface area contributed by atoms with Gasteiger partial charge in [-0.2, -0.15) is 0 Å². The number of fused-ring (bicyclic) bond motifs is 5. The third-order valence-corrected chi connectivity index (χ3v) is 11.5. The molecule has 0 amide bonds. The molecule has 29 heavy (non-hydrogen) atoms. The minimum atomic E-state index is 0.477. The smallest absolute Gasteiger partial charge is 0.0699 e. The van der Waals surface area contributed by atoms with Gasteiger partial charge < -0.3 is 0 Å². The van der Waals surface area contributed by atoms with Gasteiger partial charge in [-0.05, 0) is 110 Å². The van der Waals surface area contributed by atoms with Crippen molar-refractivity contribution in [2.45, 2.75) is 111 Å². The van der Waals surface area contributed by atoms with Gasteiger partial charge in [-0.3, -0.25) is 0 Å². The van der Waals surface area contributed by atoms with E-state index in [1.54, 1.807) is 0 Å². The molecule has 4 fully saturated rings. The van der Waals surface area contributed by atoms with Crippen molar-refractivity contribution in [3.63, 3.8) is 0 Å². The van der Waals surface area contributed by atoms with E-state index in [9.17, 15) is 0 Å². The second-order valence-corrected chi connectivity index (χ2v) is 12.5. The van der Waals surface area contributed by atoms with E-state index < -0.39 is 0 Å². The quantitative estimate of drug-likeness (QED) is 0.325. The molecule has 162 valence electrons. The first-order chi connectivity index (χ1) is 13.7. The van der Waals surface area contributed by atoms with Gasteiger partial charge >= 0.3 is 0 Å². The lowest BCUT2D eigenvalue weighted by Crippen LogP contribution is -2.56. The molecule has 2 radical (unpaired) electrons. The Kier molecular flexibility index (Phi) is 6.11. The van der Waals surface area contributed by atoms with Gasteiger partial charge in [0.15, 0.2) is 0 Å². The normalized spacial score (nSPS) is 50.3. The van der Waals surface area contributed by atoms with Crippen molar-refractivity contribution >= 4 is 7.85 Å². The highest BCUT2D eigenvalue weighted by atomic mass is 14.7. The third-order valence-electron chi connectivity index (χ3n) is 11.5. The van der Waals surface area contributed by atoms with E-state index >= 15 is 0 Å². The molecule has 0 spiro atoms. The molecule has 1 heteroatoms. The first-order valence-electron chi connectivity index (χ1n) is 13.1. The zero-order valence-electron chi connectivity index (χ0n) is 20.2. The highest BCUT2D eigenvalue weighted by molar-refractivity contribution is 6.11. The molecular formula is C28H47B. The average Bonchev–Trinajstić information content (AvgIpc) is 3.06. The minimum absolute atomic E-state index is 0.477. The van der Waals surface area contributed by atoms with Gasteiger partial charge in [0.25, 0.3) is 0 Å². The summed E-state index contributed by atoms with van der Waals surface area (Å²) < 4.78 is 0. The number of rotatable bonds is 5. The molecule has 0 aliphatic heterocycles. The maximum absolute atomic E-state index is 6.41. The van der Waals surface area contributed by atoms with Gasteiger partial charge in [0.05, 0.1) is 7.85 Å². The average molecular weight is 394 g/mol. The van der Waals surface area contributed by atoms with Crippen molar-refractivity contribution in [1.82, 2.24) is 0 Å². The Hall–Kier alpha value is -0.195. The van der Waals surface area contributed by atoms with Crippen molar-refractivity contribution in [3.05, 3.63) is 12.2 Å². The monoisotopic (exact) mass is 394 g/mol. The van der Waals surface area contributed by atoms with E-state index in [2.05, 4.69) is 41.2 Å². The second-order valence-electron chi connectivity index (χ2n) is 12.5. The van der Waals surface area contributed by atoms with E-state index in [-0.39, 0.29) is 0 Å². The Balaban J connectivity index is 1.53. The molecule has 0 aromatic rings. The zero-order valence-corrected chi connectivity index (χ0v) is 20.2. The summed E-state index contributed by atoms with van der Waals surface area (Å²) in [4.78, 5) is 0. The van der Waals surface area contributed by atoms with Crippen LogP contribution in [-0.2, 0) is 0 Å². The van der Waals surface area contributed by atoms with Crippen LogP contribution in [0.2, 0.25) is 5.82 Å². The lowest BCUT2D eigenvalue weighted by Gasteiger charge is -2.63. The van der Waals surface area contributed by atoms with Gasteiger partial charge in [-0.15, -0.1) is 0 Å². The highest BCUT2D eigenvalue weighted by Gasteiger charge is 2.62. The molecule has 0 saturated heterocycles. The number of allylic oxidation sites excluding steroid dienone is 1. The van der Waals surface area contributed by atoms with Crippen LogP contribution in [0.4, 0.5) is 0 Å². The Morgan fingerprint density at radius 3 is 2.55 bits per heavy atom. The van der Waals surface area contributed by atoms with E-state index in [1.807, 2.05) is 0 Å². The molecular weight excluding hydrogens is 347 g/mol. The van der Waals surface area contributed by atoms with Crippen LogP contribution in [0.1, 0.15) is 105 Å². The molecule has 0 N–H and O–H groups in total. The SMILES string of the molecule is [B]C1CCC2(C)C(CCC3C2CC(C)C2(C)C(C(C)CCC(=C)CC)CCC32)C1. The van der Waals surface area contributed by atoms with Crippen molar-refractivity contribution in [1.29, 1.82) is 0 Å². The molecule has 0 aromatic heterocycles. The molecule has 0 bridgehead atoms. The van der Waals surface area contributed by atoms with Crippen LogP contribution in [0.25, 0.3) is 0 Å². The largest absolute Gasteiger partial charge is 0.0999 e. The summed E-state index contributed by atoms with van der Waals surface area (Å²) in [6.45, 7) is 17.2. The summed E-state index contributed by atoms with van der Waals surface area (Å²) in [6.07, 6.45) is 15.2. The summed E-state index contributed by atoms with van der Waals surface area (Å²) >= 11 is 0. The van der Waals surface area contributed by atoms with Crippen LogP contribution in [0.3, 0.4) is 0 Å². The highest BCUT2D eigenvalue weighted by Crippen LogP contribution is 2.70. The lowest BCUT2D eigenvalue weighted by molar-refractivity contribution is -0.138. The van der Waals surface area contributed by atoms with E-state index in [4.69, 9.17) is 7.85 Å². The van der Waals surface area contributed by atoms with Crippen LogP contribution in [-0.4, -0.2) is 7.85 Å². The third kappa shape index (κ3) is 3.49. The summed E-state index contributed by atoms with van der Waals surface area (Å²) in [6, 6.07) is 0. The predicted octanol–water partition coefficient (Wildman–Crippen LogP) is 8.23.